The first-order chi connectivity index (χ1) is 9.25. The van der Waals surface area contributed by atoms with Crippen LogP contribution in [0, 0.1) is 0 Å². The Labute approximate surface area is 115 Å². The van der Waals surface area contributed by atoms with E-state index in [2.05, 4.69) is 5.32 Å². The van der Waals surface area contributed by atoms with Crippen molar-refractivity contribution in [2.24, 2.45) is 0 Å². The molecule has 3 rings (SSSR count). The van der Waals surface area contributed by atoms with Crippen LogP contribution in [0.4, 0.5) is 5.69 Å². The molecule has 1 aliphatic rings. The maximum atomic E-state index is 12.3. The second-order valence-electron chi connectivity index (χ2n) is 4.73. The topological polar surface area (TPSA) is 64.4 Å². The predicted octanol–water partition coefficient (Wildman–Crippen LogP) is 2.39. The Bertz CT molecular complexity index is 603. The number of rotatable bonds is 2. The van der Waals surface area contributed by atoms with E-state index in [4.69, 9.17) is 10.5 Å². The van der Waals surface area contributed by atoms with Gasteiger partial charge in [-0.1, -0.05) is 18.2 Å². The van der Waals surface area contributed by atoms with Gasteiger partial charge in [0, 0.05) is 16.7 Å². The maximum Gasteiger partial charge on any atom is 0.263 e. The molecular weight excluding hydrogens is 260 g/mol. The van der Waals surface area contributed by atoms with Gasteiger partial charge in [0.1, 0.15) is 4.88 Å². The van der Waals surface area contributed by atoms with Gasteiger partial charge >= 0.3 is 0 Å². The Hall–Kier alpha value is -1.59. The summed E-state index contributed by atoms with van der Waals surface area (Å²) in [7, 11) is 0. The fraction of sp³-hybridized carbons (Fsp3) is 0.357. The molecule has 1 fully saturated rings. The summed E-state index contributed by atoms with van der Waals surface area (Å²) < 4.78 is 6.41. The van der Waals surface area contributed by atoms with Crippen molar-refractivity contribution in [2.45, 2.75) is 18.9 Å². The molecule has 5 heteroatoms. The van der Waals surface area contributed by atoms with Crippen LogP contribution in [0.5, 0.6) is 0 Å². The van der Waals surface area contributed by atoms with Crippen LogP contribution in [0.25, 0.3) is 10.1 Å². The molecule has 4 nitrogen and oxygen atoms in total. The van der Waals surface area contributed by atoms with E-state index >= 15 is 0 Å². The number of carbonyl (C=O) groups excluding carboxylic acids is 1. The van der Waals surface area contributed by atoms with Crippen molar-refractivity contribution < 1.29 is 9.53 Å². The number of thiophene rings is 1. The Morgan fingerprint density at radius 2 is 2.26 bits per heavy atom. The summed E-state index contributed by atoms with van der Waals surface area (Å²) in [6.45, 7) is 1.38. The summed E-state index contributed by atoms with van der Waals surface area (Å²) in [6.07, 6.45) is 1.96. The number of nitrogens with two attached hydrogens (primary N) is 1. The van der Waals surface area contributed by atoms with Crippen LogP contribution in [0.15, 0.2) is 24.3 Å². The zero-order valence-corrected chi connectivity index (χ0v) is 11.3. The summed E-state index contributed by atoms with van der Waals surface area (Å²) in [5.74, 6) is -0.0887. The number of amides is 1. The molecule has 2 heterocycles. The third-order valence-electron chi connectivity index (χ3n) is 3.34. The molecule has 19 heavy (non-hydrogen) atoms. The summed E-state index contributed by atoms with van der Waals surface area (Å²) in [6, 6.07) is 7.92. The number of hydrogen-bond donors (Lipinski definition) is 2. The number of nitrogens with one attached hydrogen (secondary N) is 1. The minimum Gasteiger partial charge on any atom is -0.397 e. The average Bonchev–Trinajstić information content (AvgIpc) is 2.78. The zero-order valence-electron chi connectivity index (χ0n) is 10.5. The lowest BCUT2D eigenvalue weighted by atomic mass is 10.1. The average molecular weight is 276 g/mol. The first-order valence-corrected chi connectivity index (χ1v) is 7.23. The van der Waals surface area contributed by atoms with Crippen molar-refractivity contribution in [1.29, 1.82) is 0 Å². The summed E-state index contributed by atoms with van der Waals surface area (Å²) in [5, 5.41) is 3.96. The molecule has 1 amide bonds. The molecule has 0 radical (unpaired) electrons. The molecule has 1 aliphatic heterocycles. The molecule has 2 aromatic rings. The minimum absolute atomic E-state index is 0.0887. The van der Waals surface area contributed by atoms with Gasteiger partial charge in [-0.3, -0.25) is 4.79 Å². The fourth-order valence-electron chi connectivity index (χ4n) is 2.34. The number of hydrogen-bond acceptors (Lipinski definition) is 4. The van der Waals surface area contributed by atoms with E-state index < -0.39 is 0 Å². The minimum atomic E-state index is -0.0887. The van der Waals surface area contributed by atoms with Gasteiger partial charge in [0.05, 0.1) is 18.3 Å². The van der Waals surface area contributed by atoms with Crippen molar-refractivity contribution in [1.82, 2.24) is 5.32 Å². The van der Waals surface area contributed by atoms with Crippen LogP contribution in [-0.4, -0.2) is 25.2 Å². The predicted molar refractivity (Wildman–Crippen MR) is 77.5 cm³/mol. The molecule has 1 aromatic carbocycles. The van der Waals surface area contributed by atoms with Crippen LogP contribution in [0.2, 0.25) is 0 Å². The van der Waals surface area contributed by atoms with Crippen molar-refractivity contribution in [3.8, 4) is 0 Å². The third kappa shape index (κ3) is 2.43. The van der Waals surface area contributed by atoms with E-state index in [0.29, 0.717) is 17.2 Å². The molecular formula is C14H16N2O2S. The Morgan fingerprint density at radius 3 is 3.00 bits per heavy atom. The zero-order chi connectivity index (χ0) is 13.2. The molecule has 1 unspecified atom stereocenters. The fourth-order valence-corrected chi connectivity index (χ4v) is 3.37. The van der Waals surface area contributed by atoms with E-state index in [9.17, 15) is 4.79 Å². The van der Waals surface area contributed by atoms with Gasteiger partial charge in [-0.25, -0.2) is 0 Å². The molecule has 0 saturated carbocycles. The Kier molecular flexibility index (Phi) is 3.40. The highest BCUT2D eigenvalue weighted by atomic mass is 32.1. The first kappa shape index (κ1) is 12.4. The van der Waals surface area contributed by atoms with E-state index in [1.165, 1.54) is 11.3 Å². The van der Waals surface area contributed by atoms with Gasteiger partial charge < -0.3 is 15.8 Å². The number of carbonyl (C=O) groups is 1. The second-order valence-corrected chi connectivity index (χ2v) is 5.78. The van der Waals surface area contributed by atoms with Gasteiger partial charge in [-0.2, -0.15) is 0 Å². The molecule has 0 spiro atoms. The van der Waals surface area contributed by atoms with Gasteiger partial charge in [-0.05, 0) is 18.9 Å². The van der Waals surface area contributed by atoms with E-state index in [-0.39, 0.29) is 11.9 Å². The van der Waals surface area contributed by atoms with Crippen molar-refractivity contribution in [3.63, 3.8) is 0 Å². The van der Waals surface area contributed by atoms with Gasteiger partial charge in [0.25, 0.3) is 5.91 Å². The normalized spacial score (nSPS) is 19.5. The SMILES string of the molecule is Nc1c(C(=O)NC2CCCOC2)sc2ccccc12. The number of fused-ring (bicyclic) bond motifs is 1. The van der Waals surface area contributed by atoms with Gasteiger partial charge in [0.15, 0.2) is 0 Å². The molecule has 1 saturated heterocycles. The third-order valence-corrected chi connectivity index (χ3v) is 4.52. The maximum absolute atomic E-state index is 12.3. The highest BCUT2D eigenvalue weighted by molar-refractivity contribution is 7.21. The lowest BCUT2D eigenvalue weighted by molar-refractivity contribution is 0.0626. The number of anilines is 1. The van der Waals surface area contributed by atoms with E-state index in [0.717, 1.165) is 29.5 Å². The molecule has 3 N–H and O–H groups in total. The second kappa shape index (κ2) is 5.19. The van der Waals surface area contributed by atoms with E-state index in [1.807, 2.05) is 24.3 Å². The molecule has 1 aromatic heterocycles. The van der Waals surface area contributed by atoms with Crippen molar-refractivity contribution in [3.05, 3.63) is 29.1 Å². The van der Waals surface area contributed by atoms with Gasteiger partial charge in [0.2, 0.25) is 0 Å². The highest BCUT2D eigenvalue weighted by Gasteiger charge is 2.21. The quantitative estimate of drug-likeness (QED) is 0.885. The largest absolute Gasteiger partial charge is 0.397 e. The van der Waals surface area contributed by atoms with E-state index in [1.54, 1.807) is 0 Å². The van der Waals surface area contributed by atoms with Crippen molar-refractivity contribution >= 4 is 33.0 Å². The van der Waals surface area contributed by atoms with Crippen molar-refractivity contribution in [2.75, 3.05) is 18.9 Å². The number of nitrogen functional groups attached to an aromatic ring is 1. The van der Waals surface area contributed by atoms with Crippen LogP contribution in [0.1, 0.15) is 22.5 Å². The smallest absolute Gasteiger partial charge is 0.263 e. The highest BCUT2D eigenvalue weighted by Crippen LogP contribution is 2.33. The number of benzene rings is 1. The van der Waals surface area contributed by atoms with Crippen LogP contribution in [0.3, 0.4) is 0 Å². The molecule has 0 aliphatic carbocycles. The Morgan fingerprint density at radius 1 is 1.42 bits per heavy atom. The summed E-state index contributed by atoms with van der Waals surface area (Å²) in [5.41, 5.74) is 6.64. The van der Waals surface area contributed by atoms with Gasteiger partial charge in [-0.15, -0.1) is 11.3 Å². The molecule has 100 valence electrons. The monoisotopic (exact) mass is 276 g/mol. The van der Waals surface area contributed by atoms with Crippen LogP contribution >= 0.6 is 11.3 Å². The Balaban J connectivity index is 1.83. The molecule has 0 bridgehead atoms. The lowest BCUT2D eigenvalue weighted by Gasteiger charge is -2.22. The first-order valence-electron chi connectivity index (χ1n) is 6.41. The summed E-state index contributed by atoms with van der Waals surface area (Å²) >= 11 is 1.44. The van der Waals surface area contributed by atoms with Crippen LogP contribution < -0.4 is 11.1 Å². The van der Waals surface area contributed by atoms with Crippen LogP contribution in [-0.2, 0) is 4.74 Å². The standard InChI is InChI=1S/C14H16N2O2S/c15-12-10-5-1-2-6-11(10)19-13(12)14(17)16-9-4-3-7-18-8-9/h1-2,5-6,9H,3-4,7-8,15H2,(H,16,17). The number of ether oxygens (including phenoxy) is 1. The lowest BCUT2D eigenvalue weighted by Crippen LogP contribution is -2.40. The summed E-state index contributed by atoms with van der Waals surface area (Å²) in [4.78, 5) is 12.9. The molecule has 1 atom stereocenters.